The molecule has 2 atom stereocenters. The normalized spacial score (nSPS) is 21.3. The van der Waals surface area contributed by atoms with E-state index < -0.39 is 0 Å². The SMILES string of the molecule is C=N/C=C\C=c1/c(=C)sc2c(=O)n(C3=CC4CC4C=C(C)C3)cnc12.CN(C)C. The molecule has 2 aromatic rings. The second-order valence-electron chi connectivity index (χ2n) is 7.98. The van der Waals surface area contributed by atoms with Crippen LogP contribution in [0.2, 0.25) is 0 Å². The van der Waals surface area contributed by atoms with Crippen LogP contribution in [0.5, 0.6) is 0 Å². The van der Waals surface area contributed by atoms with Gasteiger partial charge in [0.1, 0.15) is 11.0 Å². The van der Waals surface area contributed by atoms with Crippen molar-refractivity contribution in [2.24, 2.45) is 16.8 Å². The molecule has 0 radical (unpaired) electrons. The summed E-state index contributed by atoms with van der Waals surface area (Å²) < 4.78 is 3.19. The maximum absolute atomic E-state index is 13.0. The first-order valence-corrected chi connectivity index (χ1v) is 10.4. The van der Waals surface area contributed by atoms with Gasteiger partial charge in [-0.3, -0.25) is 14.4 Å². The second kappa shape index (κ2) is 8.84. The molecule has 29 heavy (non-hydrogen) atoms. The summed E-state index contributed by atoms with van der Waals surface area (Å²) in [5.74, 6) is 1.23. The van der Waals surface area contributed by atoms with Crippen LogP contribution in [0.4, 0.5) is 0 Å². The molecular formula is C23H28N4OS. The van der Waals surface area contributed by atoms with Crippen molar-refractivity contribution in [2.45, 2.75) is 19.8 Å². The molecule has 2 aliphatic carbocycles. The number of hydrogen-bond donors (Lipinski definition) is 0. The van der Waals surface area contributed by atoms with Crippen molar-refractivity contribution in [3.05, 3.63) is 56.4 Å². The quantitative estimate of drug-likeness (QED) is 0.580. The van der Waals surface area contributed by atoms with Crippen molar-refractivity contribution in [1.29, 1.82) is 0 Å². The molecule has 5 nitrogen and oxygen atoms in total. The van der Waals surface area contributed by atoms with Crippen LogP contribution in [0.25, 0.3) is 28.6 Å². The molecule has 2 heterocycles. The number of aliphatic imine (C=N–C) groups is 1. The van der Waals surface area contributed by atoms with Crippen LogP contribution in [-0.4, -0.2) is 42.3 Å². The van der Waals surface area contributed by atoms with Gasteiger partial charge in [0, 0.05) is 28.1 Å². The van der Waals surface area contributed by atoms with Gasteiger partial charge in [0.15, 0.2) is 0 Å². The van der Waals surface area contributed by atoms with Crippen LogP contribution < -0.4 is 15.3 Å². The fourth-order valence-electron chi connectivity index (χ4n) is 3.41. The topological polar surface area (TPSA) is 50.5 Å². The molecule has 2 unspecified atom stereocenters. The minimum absolute atomic E-state index is 0.0106. The van der Waals surface area contributed by atoms with Gasteiger partial charge in [0.25, 0.3) is 5.56 Å². The Hall–Kier alpha value is -2.57. The summed E-state index contributed by atoms with van der Waals surface area (Å²) in [6.07, 6.45) is 13.5. The average Bonchev–Trinajstić information content (AvgIpc) is 3.29. The number of thiophene rings is 1. The van der Waals surface area contributed by atoms with E-state index in [1.54, 1.807) is 23.2 Å². The molecule has 6 heteroatoms. The predicted octanol–water partition coefficient (Wildman–Crippen LogP) is 2.87. The lowest BCUT2D eigenvalue weighted by Crippen LogP contribution is -2.21. The molecular weight excluding hydrogens is 380 g/mol. The zero-order valence-electron chi connectivity index (χ0n) is 17.6. The Morgan fingerprint density at radius 1 is 1.31 bits per heavy atom. The van der Waals surface area contributed by atoms with Gasteiger partial charge in [-0.15, -0.1) is 11.3 Å². The first-order valence-electron chi connectivity index (χ1n) is 9.63. The number of fused-ring (bicyclic) bond motifs is 2. The average molecular weight is 409 g/mol. The molecule has 0 aliphatic heterocycles. The molecule has 2 aliphatic rings. The van der Waals surface area contributed by atoms with Crippen molar-refractivity contribution in [3.63, 3.8) is 0 Å². The van der Waals surface area contributed by atoms with Crippen LogP contribution in [0.15, 0.2) is 46.1 Å². The summed E-state index contributed by atoms with van der Waals surface area (Å²) in [5, 5.41) is 0.873. The monoisotopic (exact) mass is 408 g/mol. The molecule has 0 bridgehead atoms. The maximum atomic E-state index is 13.0. The van der Waals surface area contributed by atoms with Crippen LogP contribution in [0.3, 0.4) is 0 Å². The Bertz CT molecular complexity index is 1180. The van der Waals surface area contributed by atoms with E-state index in [0.29, 0.717) is 22.1 Å². The number of aromatic nitrogens is 2. The van der Waals surface area contributed by atoms with Crippen LogP contribution >= 0.6 is 11.3 Å². The first kappa shape index (κ1) is 21.1. The standard InChI is InChI=1S/C20H19N3OS.C3H9N/c1-12-7-14-9-15(14)10-16(8-12)23-11-22-18-17(5-4-6-21-3)13(2)25-19(18)20(23)24;1-4(2)3/h4-7,10-11,14-15H,2-3,8-9H2,1H3;1-3H3/b6-4-,17-5+;. The van der Waals surface area contributed by atoms with Gasteiger partial charge in [-0.25, -0.2) is 4.98 Å². The molecule has 0 amide bonds. The highest BCUT2D eigenvalue weighted by Gasteiger charge is 2.35. The van der Waals surface area contributed by atoms with Crippen molar-refractivity contribution in [1.82, 2.24) is 14.5 Å². The highest BCUT2D eigenvalue weighted by atomic mass is 32.1. The fourth-order valence-corrected chi connectivity index (χ4v) is 4.37. The number of nitrogens with zero attached hydrogens (tertiary/aromatic N) is 4. The molecule has 1 fully saturated rings. The zero-order valence-corrected chi connectivity index (χ0v) is 18.4. The highest BCUT2D eigenvalue weighted by Crippen LogP contribution is 2.45. The molecule has 0 spiro atoms. The summed E-state index contributed by atoms with van der Waals surface area (Å²) in [4.78, 5) is 23.3. The van der Waals surface area contributed by atoms with E-state index in [1.807, 2.05) is 32.1 Å². The summed E-state index contributed by atoms with van der Waals surface area (Å²) in [6, 6.07) is 0. The second-order valence-corrected chi connectivity index (χ2v) is 9.09. The van der Waals surface area contributed by atoms with Crippen LogP contribution in [-0.2, 0) is 0 Å². The minimum Gasteiger partial charge on any atom is -0.312 e. The van der Waals surface area contributed by atoms with E-state index in [4.69, 9.17) is 0 Å². The smallest absolute Gasteiger partial charge is 0.275 e. The van der Waals surface area contributed by atoms with Crippen molar-refractivity contribution < 1.29 is 0 Å². The predicted molar refractivity (Wildman–Crippen MR) is 126 cm³/mol. The summed E-state index contributed by atoms with van der Waals surface area (Å²) >= 11 is 1.40. The first-order chi connectivity index (χ1) is 13.8. The molecule has 2 aromatic heterocycles. The minimum atomic E-state index is -0.0106. The lowest BCUT2D eigenvalue weighted by Gasteiger charge is -2.10. The maximum Gasteiger partial charge on any atom is 0.275 e. The molecule has 0 saturated heterocycles. The Kier molecular flexibility index (Phi) is 6.45. The molecule has 4 rings (SSSR count). The molecule has 152 valence electrons. The Morgan fingerprint density at radius 3 is 2.69 bits per heavy atom. The fraction of sp³-hybridized carbons (Fsp3) is 0.348. The molecule has 0 aromatic carbocycles. The van der Waals surface area contributed by atoms with E-state index >= 15 is 0 Å². The number of hydrogen-bond acceptors (Lipinski definition) is 5. The van der Waals surface area contributed by atoms with E-state index in [1.165, 1.54) is 23.3 Å². The van der Waals surface area contributed by atoms with Gasteiger partial charge >= 0.3 is 0 Å². The van der Waals surface area contributed by atoms with Crippen LogP contribution in [0, 0.1) is 11.8 Å². The Balaban J connectivity index is 0.000000552. The highest BCUT2D eigenvalue weighted by molar-refractivity contribution is 7.16. The number of allylic oxidation sites excluding steroid dienone is 5. The summed E-state index contributed by atoms with van der Waals surface area (Å²) in [5.41, 5.74) is 3.06. The molecule has 1 saturated carbocycles. The third-order valence-electron chi connectivity index (χ3n) is 4.73. The Labute approximate surface area is 175 Å². The van der Waals surface area contributed by atoms with Gasteiger partial charge in [0.2, 0.25) is 0 Å². The summed E-state index contributed by atoms with van der Waals surface area (Å²) in [6.45, 7) is 9.61. The summed E-state index contributed by atoms with van der Waals surface area (Å²) in [7, 11) is 6.00. The Morgan fingerprint density at radius 2 is 2.00 bits per heavy atom. The van der Waals surface area contributed by atoms with Gasteiger partial charge < -0.3 is 4.90 Å². The lowest BCUT2D eigenvalue weighted by atomic mass is 10.1. The van der Waals surface area contributed by atoms with Crippen molar-refractivity contribution in [3.8, 4) is 0 Å². The van der Waals surface area contributed by atoms with Crippen molar-refractivity contribution >= 4 is 46.6 Å². The van der Waals surface area contributed by atoms with E-state index in [-0.39, 0.29) is 5.56 Å². The third-order valence-corrected chi connectivity index (χ3v) is 5.77. The van der Waals surface area contributed by atoms with E-state index in [0.717, 1.165) is 21.9 Å². The van der Waals surface area contributed by atoms with E-state index in [2.05, 4.69) is 42.3 Å². The van der Waals surface area contributed by atoms with Gasteiger partial charge in [-0.2, -0.15) is 0 Å². The van der Waals surface area contributed by atoms with Crippen LogP contribution in [0.1, 0.15) is 19.8 Å². The third kappa shape index (κ3) is 4.89. The number of rotatable bonds is 3. The van der Waals surface area contributed by atoms with Gasteiger partial charge in [0.05, 0.1) is 5.52 Å². The largest absolute Gasteiger partial charge is 0.312 e. The van der Waals surface area contributed by atoms with Crippen molar-refractivity contribution in [2.75, 3.05) is 21.1 Å². The van der Waals surface area contributed by atoms with E-state index in [9.17, 15) is 4.79 Å². The van der Waals surface area contributed by atoms with Gasteiger partial charge in [-0.05, 0) is 65.2 Å². The lowest BCUT2D eigenvalue weighted by molar-refractivity contribution is 0.505. The molecule has 0 N–H and O–H groups in total. The van der Waals surface area contributed by atoms with Gasteiger partial charge in [-0.1, -0.05) is 24.3 Å². The zero-order chi connectivity index (χ0) is 21.1.